The van der Waals surface area contributed by atoms with Gasteiger partial charge in [-0.3, -0.25) is 14.2 Å². The first-order chi connectivity index (χ1) is 13.9. The fourth-order valence-electron chi connectivity index (χ4n) is 2.97. The topological polar surface area (TPSA) is 64.0 Å². The van der Waals surface area contributed by atoms with Crippen molar-refractivity contribution in [2.45, 2.75) is 13.0 Å². The number of benzene rings is 2. The van der Waals surface area contributed by atoms with Crippen molar-refractivity contribution >= 4 is 49.1 Å². The second kappa shape index (κ2) is 7.88. The monoisotopic (exact) mass is 471 g/mol. The Morgan fingerprint density at radius 3 is 2.55 bits per heavy atom. The van der Waals surface area contributed by atoms with Gasteiger partial charge < -0.3 is 5.32 Å². The van der Waals surface area contributed by atoms with Gasteiger partial charge in [-0.1, -0.05) is 28.1 Å². The van der Waals surface area contributed by atoms with E-state index in [1.54, 1.807) is 31.2 Å². The fourth-order valence-corrected chi connectivity index (χ4v) is 4.14. The van der Waals surface area contributed by atoms with Crippen LogP contribution in [-0.4, -0.2) is 15.5 Å². The average molecular weight is 472 g/mol. The normalized spacial score (nSPS) is 12.1. The van der Waals surface area contributed by atoms with Crippen molar-refractivity contribution in [3.05, 3.63) is 80.9 Å². The van der Waals surface area contributed by atoms with Crippen LogP contribution in [-0.2, 0) is 4.79 Å². The van der Waals surface area contributed by atoms with Crippen molar-refractivity contribution in [3.63, 3.8) is 0 Å². The Morgan fingerprint density at radius 1 is 1.17 bits per heavy atom. The number of nitrogens with one attached hydrogen (secondary N) is 1. The standard InChI is InChI=1S/C21H15BrFN3O2S/c1-12(19(27)25-16-8-4-14(22)5-9-16)26-11-24-20-18(21(26)28)17(10-29-20)13-2-6-15(23)7-3-13/h2-12H,1H3,(H,25,27). The number of hydrogen-bond donors (Lipinski definition) is 1. The first-order valence-electron chi connectivity index (χ1n) is 8.75. The minimum Gasteiger partial charge on any atom is -0.324 e. The zero-order valence-electron chi connectivity index (χ0n) is 15.2. The van der Waals surface area contributed by atoms with Crippen LogP contribution >= 0.6 is 27.3 Å². The highest BCUT2D eigenvalue weighted by Crippen LogP contribution is 2.31. The summed E-state index contributed by atoms with van der Waals surface area (Å²) in [6.07, 6.45) is 1.39. The number of nitrogens with zero attached hydrogens (tertiary/aromatic N) is 2. The van der Waals surface area contributed by atoms with Gasteiger partial charge in [-0.05, 0) is 48.9 Å². The maximum Gasteiger partial charge on any atom is 0.263 e. The number of carbonyl (C=O) groups excluding carboxylic acids is 1. The highest BCUT2D eigenvalue weighted by Gasteiger charge is 2.20. The summed E-state index contributed by atoms with van der Waals surface area (Å²) < 4.78 is 15.5. The number of fused-ring (bicyclic) bond motifs is 1. The van der Waals surface area contributed by atoms with Crippen LogP contribution in [0.2, 0.25) is 0 Å². The molecule has 0 saturated carbocycles. The van der Waals surface area contributed by atoms with Gasteiger partial charge in [0.25, 0.3) is 5.56 Å². The minimum absolute atomic E-state index is 0.311. The van der Waals surface area contributed by atoms with Crippen molar-refractivity contribution in [2.75, 3.05) is 5.32 Å². The lowest BCUT2D eigenvalue weighted by atomic mass is 10.1. The number of carbonyl (C=O) groups is 1. The predicted molar refractivity (Wildman–Crippen MR) is 117 cm³/mol. The second-order valence-corrected chi connectivity index (χ2v) is 8.24. The molecule has 0 aliphatic heterocycles. The molecular weight excluding hydrogens is 457 g/mol. The third-order valence-corrected chi connectivity index (χ3v) is 6.00. The van der Waals surface area contributed by atoms with Crippen molar-refractivity contribution in [1.82, 2.24) is 9.55 Å². The van der Waals surface area contributed by atoms with Gasteiger partial charge in [0, 0.05) is 21.1 Å². The average Bonchev–Trinajstić information content (AvgIpc) is 3.15. The number of aromatic nitrogens is 2. The van der Waals surface area contributed by atoms with E-state index in [2.05, 4.69) is 26.2 Å². The number of amides is 1. The third kappa shape index (κ3) is 3.86. The van der Waals surface area contributed by atoms with E-state index in [0.29, 0.717) is 21.5 Å². The van der Waals surface area contributed by atoms with Gasteiger partial charge in [-0.2, -0.15) is 0 Å². The first kappa shape index (κ1) is 19.5. The Balaban J connectivity index is 1.70. The lowest BCUT2D eigenvalue weighted by Gasteiger charge is -2.15. The quantitative estimate of drug-likeness (QED) is 0.443. The largest absolute Gasteiger partial charge is 0.324 e. The highest BCUT2D eigenvalue weighted by molar-refractivity contribution is 9.10. The van der Waals surface area contributed by atoms with Crippen molar-refractivity contribution in [3.8, 4) is 11.1 Å². The molecule has 2 aromatic carbocycles. The molecule has 8 heteroatoms. The number of thiophene rings is 1. The molecule has 0 saturated heterocycles. The smallest absolute Gasteiger partial charge is 0.263 e. The molecule has 2 heterocycles. The van der Waals surface area contributed by atoms with Gasteiger partial charge in [-0.15, -0.1) is 11.3 Å². The summed E-state index contributed by atoms with van der Waals surface area (Å²) in [5.41, 5.74) is 1.72. The zero-order chi connectivity index (χ0) is 20.5. The SMILES string of the molecule is CC(C(=O)Nc1ccc(Br)cc1)n1cnc2scc(-c3ccc(F)cc3)c2c1=O. The van der Waals surface area contributed by atoms with Crippen molar-refractivity contribution < 1.29 is 9.18 Å². The highest BCUT2D eigenvalue weighted by atomic mass is 79.9. The van der Waals surface area contributed by atoms with E-state index >= 15 is 0 Å². The molecule has 0 spiro atoms. The second-order valence-electron chi connectivity index (χ2n) is 6.47. The van der Waals surface area contributed by atoms with Crippen LogP contribution in [0.25, 0.3) is 21.3 Å². The van der Waals surface area contributed by atoms with Crippen LogP contribution < -0.4 is 10.9 Å². The van der Waals surface area contributed by atoms with E-state index in [-0.39, 0.29) is 17.3 Å². The molecule has 0 aliphatic carbocycles. The maximum atomic E-state index is 13.3. The Kier molecular flexibility index (Phi) is 5.29. The molecule has 1 N–H and O–H groups in total. The molecular formula is C21H15BrFN3O2S. The van der Waals surface area contributed by atoms with Crippen LogP contribution in [0.15, 0.2) is 69.5 Å². The predicted octanol–water partition coefficient (Wildman–Crippen LogP) is 5.23. The summed E-state index contributed by atoms with van der Waals surface area (Å²) in [5.74, 6) is -0.670. The van der Waals surface area contributed by atoms with Gasteiger partial charge in [0.1, 0.15) is 16.7 Å². The lowest BCUT2D eigenvalue weighted by molar-refractivity contribution is -0.118. The lowest BCUT2D eigenvalue weighted by Crippen LogP contribution is -2.31. The molecule has 2 aromatic heterocycles. The maximum absolute atomic E-state index is 13.3. The van der Waals surface area contributed by atoms with Gasteiger partial charge in [0.15, 0.2) is 0 Å². The summed E-state index contributed by atoms with van der Waals surface area (Å²) >= 11 is 4.69. The molecule has 1 atom stereocenters. The van der Waals surface area contributed by atoms with E-state index in [1.807, 2.05) is 17.5 Å². The number of hydrogen-bond acceptors (Lipinski definition) is 4. The van der Waals surface area contributed by atoms with E-state index < -0.39 is 6.04 Å². The van der Waals surface area contributed by atoms with E-state index in [1.165, 1.54) is 34.4 Å². The van der Waals surface area contributed by atoms with Crippen LogP contribution in [0.1, 0.15) is 13.0 Å². The minimum atomic E-state index is -0.760. The van der Waals surface area contributed by atoms with Crippen LogP contribution in [0, 0.1) is 5.82 Å². The molecule has 146 valence electrons. The van der Waals surface area contributed by atoms with Gasteiger partial charge >= 0.3 is 0 Å². The van der Waals surface area contributed by atoms with Gasteiger partial charge in [0.2, 0.25) is 5.91 Å². The van der Waals surface area contributed by atoms with Gasteiger partial charge in [-0.25, -0.2) is 9.37 Å². The van der Waals surface area contributed by atoms with Crippen LogP contribution in [0.4, 0.5) is 10.1 Å². The van der Waals surface area contributed by atoms with Gasteiger partial charge in [0.05, 0.1) is 11.7 Å². The number of anilines is 1. The summed E-state index contributed by atoms with van der Waals surface area (Å²) in [5, 5.41) is 5.05. The zero-order valence-corrected chi connectivity index (χ0v) is 17.6. The molecule has 29 heavy (non-hydrogen) atoms. The molecule has 0 fully saturated rings. The van der Waals surface area contributed by atoms with Crippen molar-refractivity contribution in [1.29, 1.82) is 0 Å². The molecule has 0 bridgehead atoms. The third-order valence-electron chi connectivity index (χ3n) is 4.58. The molecule has 4 aromatic rings. The Morgan fingerprint density at radius 2 is 1.86 bits per heavy atom. The Hall–Kier alpha value is -2.84. The molecule has 1 amide bonds. The first-order valence-corrected chi connectivity index (χ1v) is 10.4. The van der Waals surface area contributed by atoms with Crippen LogP contribution in [0.3, 0.4) is 0 Å². The van der Waals surface area contributed by atoms with E-state index in [9.17, 15) is 14.0 Å². The molecule has 4 rings (SSSR count). The van der Waals surface area contributed by atoms with Crippen LogP contribution in [0.5, 0.6) is 0 Å². The Labute approximate surface area is 178 Å². The summed E-state index contributed by atoms with van der Waals surface area (Å²) in [4.78, 5) is 30.8. The number of halogens is 2. The molecule has 0 radical (unpaired) electrons. The summed E-state index contributed by atoms with van der Waals surface area (Å²) in [6, 6.07) is 12.4. The van der Waals surface area contributed by atoms with Crippen molar-refractivity contribution in [2.24, 2.45) is 0 Å². The summed E-state index contributed by atoms with van der Waals surface area (Å²) in [6.45, 7) is 1.65. The molecule has 0 aliphatic rings. The molecule has 5 nitrogen and oxygen atoms in total. The Bertz CT molecular complexity index is 1250. The molecule has 1 unspecified atom stereocenters. The van der Waals surface area contributed by atoms with E-state index in [4.69, 9.17) is 0 Å². The summed E-state index contributed by atoms with van der Waals surface area (Å²) in [7, 11) is 0. The number of rotatable bonds is 4. The fraction of sp³-hybridized carbons (Fsp3) is 0.0952. The van der Waals surface area contributed by atoms with E-state index in [0.717, 1.165) is 10.0 Å².